The lowest BCUT2D eigenvalue weighted by Crippen LogP contribution is -2.17. The number of halogens is 4. The Balaban J connectivity index is 0.000000307. The maximum Gasteiger partial charge on any atom is 0.248 e. The molecule has 2 saturated carbocycles. The zero-order chi connectivity index (χ0) is 32.1. The molecule has 1 aromatic carbocycles. The molecule has 0 aliphatic heterocycles. The Kier molecular flexibility index (Phi) is 15.1. The van der Waals surface area contributed by atoms with Gasteiger partial charge in [-0.15, -0.1) is 0 Å². The van der Waals surface area contributed by atoms with Gasteiger partial charge in [0.1, 0.15) is 0 Å². The van der Waals surface area contributed by atoms with E-state index in [-0.39, 0.29) is 30.3 Å². The number of hydrogen-bond acceptors (Lipinski definition) is 4. The van der Waals surface area contributed by atoms with Gasteiger partial charge in [0.25, 0.3) is 0 Å². The number of para-hydroxylation sites is 1. The number of Topliss-reactive ketones (excluding diaryl/α,β-unsaturated/α-hetero) is 1. The third kappa shape index (κ3) is 14.2. The second-order valence-corrected chi connectivity index (χ2v) is 11.3. The number of nitrogens with zero attached hydrogens (tertiary/aromatic N) is 3. The van der Waals surface area contributed by atoms with E-state index >= 15 is 0 Å². The third-order valence-electron chi connectivity index (χ3n) is 6.66. The lowest BCUT2D eigenvalue weighted by Gasteiger charge is -2.20. The third-order valence-corrected chi connectivity index (χ3v) is 6.66. The van der Waals surface area contributed by atoms with E-state index in [1.54, 1.807) is 13.8 Å². The maximum atomic E-state index is 11.8. The molecule has 4 rings (SSSR count). The van der Waals surface area contributed by atoms with Crippen LogP contribution in [0, 0.1) is 12.8 Å². The Morgan fingerprint density at radius 2 is 1.69 bits per heavy atom. The average Bonchev–Trinajstić information content (AvgIpc) is 3.41. The van der Waals surface area contributed by atoms with Gasteiger partial charge in [-0.1, -0.05) is 51.3 Å². The largest absolute Gasteiger partial charge is 0.478 e. The van der Waals surface area contributed by atoms with Crippen LogP contribution in [0.15, 0.2) is 40.6 Å². The van der Waals surface area contributed by atoms with Gasteiger partial charge in [-0.3, -0.25) is 9.89 Å². The zero-order valence-corrected chi connectivity index (χ0v) is 26.4. The number of aromatic amines is 1. The van der Waals surface area contributed by atoms with Crippen LogP contribution < -0.4 is 0 Å². The molecule has 1 heterocycles. The summed E-state index contributed by atoms with van der Waals surface area (Å²) in [6.07, 6.45) is 7.03. The zero-order valence-electron chi connectivity index (χ0n) is 26.4. The summed E-state index contributed by atoms with van der Waals surface area (Å²) >= 11 is 0. The first-order chi connectivity index (χ1) is 19.5. The van der Waals surface area contributed by atoms with Gasteiger partial charge in [0.15, 0.2) is 11.6 Å². The number of carbonyl (C=O) groups is 1. The molecule has 0 saturated heterocycles. The Morgan fingerprint density at radius 1 is 1.14 bits per heavy atom. The number of amidine groups is 1. The Hall–Kier alpha value is -3.04. The van der Waals surface area contributed by atoms with Crippen LogP contribution in [0.1, 0.15) is 111 Å². The maximum absolute atomic E-state index is 11.8. The van der Waals surface area contributed by atoms with Crippen molar-refractivity contribution in [3.05, 3.63) is 41.9 Å². The monoisotopic (exact) mass is 596 g/mol. The van der Waals surface area contributed by atoms with E-state index in [9.17, 15) is 22.4 Å². The van der Waals surface area contributed by atoms with Crippen molar-refractivity contribution in [3.8, 4) is 0 Å². The molecule has 0 bridgehead atoms. The summed E-state index contributed by atoms with van der Waals surface area (Å²) in [4.78, 5) is 18.9. The van der Waals surface area contributed by atoms with Crippen molar-refractivity contribution in [2.24, 2.45) is 15.9 Å². The molecule has 0 spiro atoms. The number of alkyl halides is 4. The lowest BCUT2D eigenvalue weighted by molar-refractivity contribution is -0.111. The minimum Gasteiger partial charge on any atom is -0.478 e. The molecule has 0 radical (unpaired) electrons. The molecule has 2 fully saturated rings. The summed E-state index contributed by atoms with van der Waals surface area (Å²) in [7, 11) is 0. The highest BCUT2D eigenvalue weighted by Gasteiger charge is 2.43. The summed E-state index contributed by atoms with van der Waals surface area (Å²) in [5.41, 5.74) is 4.57. The van der Waals surface area contributed by atoms with Crippen molar-refractivity contribution in [1.82, 2.24) is 10.2 Å². The fourth-order valence-electron chi connectivity index (χ4n) is 3.71. The van der Waals surface area contributed by atoms with E-state index in [2.05, 4.69) is 51.9 Å². The van der Waals surface area contributed by atoms with Gasteiger partial charge >= 0.3 is 0 Å². The minimum absolute atomic E-state index is 0.118. The molecular formula is C32H48F4N4O2. The SMILES string of the molecule is C=C(/N=C(\N=C(C)C)C(C)=O)OCC.CC(C)C(C)(F)F.Cc1cccc2c(C3CCCCC3)[nH]nc12.FC1(F)CC1. The van der Waals surface area contributed by atoms with Crippen LogP contribution in [0.2, 0.25) is 0 Å². The van der Waals surface area contributed by atoms with Crippen LogP contribution in [-0.4, -0.2) is 46.0 Å². The van der Waals surface area contributed by atoms with Gasteiger partial charge in [0, 0.05) is 48.4 Å². The van der Waals surface area contributed by atoms with Crippen LogP contribution in [0.4, 0.5) is 17.6 Å². The Labute approximate surface area is 248 Å². The standard InChI is InChI=1S/C14H18N2.C10H16N2O2.C5H10F2.C3H4F2/c1-10-6-5-9-12-13(10)15-16-14(12)11-7-3-2-4-8-11;1-6-14-9(5)12-10(8(4)13)11-7(2)3;1-4(2)5(3,6)7;4-3(5)1-2-3/h5-6,9,11H,2-4,7-8H2,1H3,(H,15,16);5-6H2,1-4H3;4H,1-3H3;1-2H2/b;12-10-;;. The molecule has 1 N–H and O–H groups in total. The fourth-order valence-corrected chi connectivity index (χ4v) is 3.71. The Morgan fingerprint density at radius 3 is 2.12 bits per heavy atom. The number of H-pyrrole nitrogens is 1. The van der Waals surface area contributed by atoms with Gasteiger partial charge in [-0.25, -0.2) is 22.6 Å². The highest BCUT2D eigenvalue weighted by Crippen LogP contribution is 2.40. The predicted octanol–water partition coefficient (Wildman–Crippen LogP) is 9.59. The highest BCUT2D eigenvalue weighted by molar-refractivity contribution is 6.40. The number of rotatable bonds is 6. The minimum atomic E-state index is -2.50. The number of ether oxygens (including phenoxy) is 1. The molecule has 2 aliphatic carbocycles. The second kappa shape index (κ2) is 17.2. The number of fused-ring (bicyclic) bond motifs is 1. The fraction of sp³-hybridized carbons (Fsp3) is 0.625. The summed E-state index contributed by atoms with van der Waals surface area (Å²) in [6, 6.07) is 6.48. The summed E-state index contributed by atoms with van der Waals surface area (Å²) in [5, 5.41) is 9.08. The summed E-state index contributed by atoms with van der Waals surface area (Å²) in [6.45, 7) is 16.9. The highest BCUT2D eigenvalue weighted by atomic mass is 19.3. The first-order valence-electron chi connectivity index (χ1n) is 14.6. The van der Waals surface area contributed by atoms with Crippen molar-refractivity contribution in [3.63, 3.8) is 0 Å². The predicted molar refractivity (Wildman–Crippen MR) is 164 cm³/mol. The smallest absolute Gasteiger partial charge is 0.248 e. The van der Waals surface area contributed by atoms with Gasteiger partial charge < -0.3 is 4.74 Å². The molecule has 236 valence electrons. The second-order valence-electron chi connectivity index (χ2n) is 11.3. The van der Waals surface area contributed by atoms with E-state index in [1.807, 2.05) is 6.92 Å². The number of ketones is 1. The number of aryl methyl sites for hydroxylation is 1. The Bertz CT molecular complexity index is 1200. The first-order valence-corrected chi connectivity index (χ1v) is 14.6. The van der Waals surface area contributed by atoms with Crippen molar-refractivity contribution < 1.29 is 27.1 Å². The molecule has 0 unspecified atom stereocenters. The average molecular weight is 597 g/mol. The number of carbonyl (C=O) groups excluding carboxylic acids is 1. The molecule has 1 aromatic heterocycles. The van der Waals surface area contributed by atoms with Gasteiger partial charge in [0.2, 0.25) is 17.7 Å². The number of benzene rings is 1. The molecule has 2 aliphatic rings. The van der Waals surface area contributed by atoms with Crippen LogP contribution >= 0.6 is 0 Å². The van der Waals surface area contributed by atoms with Crippen molar-refractivity contribution in [2.75, 3.05) is 6.61 Å². The van der Waals surface area contributed by atoms with Crippen molar-refractivity contribution in [1.29, 1.82) is 0 Å². The van der Waals surface area contributed by atoms with Crippen molar-refractivity contribution >= 4 is 28.2 Å². The van der Waals surface area contributed by atoms with Crippen LogP contribution in [0.3, 0.4) is 0 Å². The van der Waals surface area contributed by atoms with Crippen molar-refractivity contribution in [2.45, 2.75) is 118 Å². The lowest BCUT2D eigenvalue weighted by atomic mass is 9.86. The molecular weight excluding hydrogens is 548 g/mol. The summed E-state index contributed by atoms with van der Waals surface area (Å²) < 4.78 is 51.0. The molecule has 0 atom stereocenters. The van der Waals surface area contributed by atoms with Gasteiger partial charge in [0.05, 0.1) is 12.1 Å². The number of hydrogen-bond donors (Lipinski definition) is 1. The van der Waals surface area contributed by atoms with Crippen LogP contribution in [0.25, 0.3) is 10.9 Å². The van der Waals surface area contributed by atoms with Crippen LogP contribution in [-0.2, 0) is 9.53 Å². The van der Waals surface area contributed by atoms with E-state index in [4.69, 9.17) is 4.74 Å². The topological polar surface area (TPSA) is 79.7 Å². The normalized spacial score (nSPS) is 16.2. The first kappa shape index (κ1) is 37.0. The van der Waals surface area contributed by atoms with E-state index in [1.165, 1.54) is 69.5 Å². The quantitative estimate of drug-likeness (QED) is 0.156. The number of aliphatic imine (C=N–C) groups is 2. The van der Waals surface area contributed by atoms with E-state index in [0.29, 0.717) is 12.5 Å². The molecule has 6 nitrogen and oxygen atoms in total. The van der Waals surface area contributed by atoms with Gasteiger partial charge in [-0.2, -0.15) is 10.1 Å². The molecule has 10 heteroatoms. The van der Waals surface area contributed by atoms with E-state index < -0.39 is 17.8 Å². The number of nitrogens with one attached hydrogen (secondary N) is 1. The van der Waals surface area contributed by atoms with E-state index in [0.717, 1.165) is 18.2 Å². The molecule has 0 amide bonds. The van der Waals surface area contributed by atoms with Gasteiger partial charge in [-0.05, 0) is 59.6 Å². The summed E-state index contributed by atoms with van der Waals surface area (Å²) in [5.74, 6) is -4.44. The number of aromatic nitrogens is 2. The molecule has 2 aromatic rings. The van der Waals surface area contributed by atoms with Crippen LogP contribution in [0.5, 0.6) is 0 Å². The molecule has 42 heavy (non-hydrogen) atoms.